The van der Waals surface area contributed by atoms with Gasteiger partial charge in [0.1, 0.15) is 5.75 Å². The van der Waals surface area contributed by atoms with Gasteiger partial charge in [-0.25, -0.2) is 4.79 Å². The van der Waals surface area contributed by atoms with Gasteiger partial charge in [-0.15, -0.1) is 0 Å². The Morgan fingerprint density at radius 3 is 2.13 bits per heavy atom. The molecular formula is C20H19ClF3NO5. The molecule has 2 aromatic carbocycles. The van der Waals surface area contributed by atoms with Crippen molar-refractivity contribution >= 4 is 23.5 Å². The van der Waals surface area contributed by atoms with Crippen LogP contribution in [0.25, 0.3) is 0 Å². The van der Waals surface area contributed by atoms with Gasteiger partial charge in [0.05, 0.1) is 19.2 Å². The van der Waals surface area contributed by atoms with E-state index in [9.17, 15) is 22.8 Å². The van der Waals surface area contributed by atoms with Crippen molar-refractivity contribution < 1.29 is 37.0 Å². The van der Waals surface area contributed by atoms with Crippen LogP contribution in [0.15, 0.2) is 48.5 Å². The zero-order valence-electron chi connectivity index (χ0n) is 16.2. The molecule has 0 fully saturated rings. The average Bonchev–Trinajstić information content (AvgIpc) is 2.72. The van der Waals surface area contributed by atoms with Crippen molar-refractivity contribution in [2.24, 2.45) is 0 Å². The molecule has 0 saturated heterocycles. The monoisotopic (exact) mass is 445 g/mol. The number of ether oxygens (including phenoxy) is 3. The lowest BCUT2D eigenvalue weighted by Crippen LogP contribution is -2.57. The number of carbonyl (C=O) groups is 2. The predicted molar refractivity (Wildman–Crippen MR) is 102 cm³/mol. The molecule has 0 spiro atoms. The first-order valence-electron chi connectivity index (χ1n) is 8.52. The quantitative estimate of drug-likeness (QED) is 0.656. The van der Waals surface area contributed by atoms with Crippen molar-refractivity contribution in [3.05, 3.63) is 64.7 Å². The van der Waals surface area contributed by atoms with E-state index in [1.54, 1.807) is 0 Å². The van der Waals surface area contributed by atoms with Crippen LogP contribution >= 0.6 is 11.6 Å². The number of nitrogens with one attached hydrogen (secondary N) is 1. The maximum absolute atomic E-state index is 14.1. The molecule has 0 radical (unpaired) electrons. The van der Waals surface area contributed by atoms with E-state index in [1.807, 2.05) is 0 Å². The minimum Gasteiger partial charge on any atom is -0.495 e. The normalized spacial score (nSPS) is 14.4. The van der Waals surface area contributed by atoms with E-state index >= 15 is 0 Å². The molecule has 0 aliphatic carbocycles. The van der Waals surface area contributed by atoms with Gasteiger partial charge in [0, 0.05) is 12.7 Å². The summed E-state index contributed by atoms with van der Waals surface area (Å²) in [4.78, 5) is 25.2. The maximum Gasteiger partial charge on any atom is 0.430 e. The summed E-state index contributed by atoms with van der Waals surface area (Å²) in [6.45, 7) is 0. The van der Waals surface area contributed by atoms with Crippen LogP contribution in [-0.4, -0.2) is 39.4 Å². The number of amides is 1. The van der Waals surface area contributed by atoms with E-state index in [4.69, 9.17) is 21.1 Å². The Morgan fingerprint density at radius 1 is 1.03 bits per heavy atom. The van der Waals surface area contributed by atoms with E-state index in [0.717, 1.165) is 26.4 Å². The van der Waals surface area contributed by atoms with Crippen LogP contribution in [0.2, 0.25) is 5.02 Å². The van der Waals surface area contributed by atoms with Crippen LogP contribution in [0.5, 0.6) is 5.75 Å². The van der Waals surface area contributed by atoms with Gasteiger partial charge in [-0.2, -0.15) is 13.2 Å². The molecule has 10 heteroatoms. The molecule has 2 rings (SSSR count). The minimum atomic E-state index is -5.13. The Balaban J connectivity index is 2.53. The topological polar surface area (TPSA) is 73.9 Å². The highest BCUT2D eigenvalue weighted by Crippen LogP contribution is 2.42. The second kappa shape index (κ2) is 9.36. The van der Waals surface area contributed by atoms with Gasteiger partial charge in [-0.05, 0) is 17.7 Å². The zero-order chi connectivity index (χ0) is 22.5. The number of esters is 1. The Morgan fingerprint density at radius 2 is 1.67 bits per heavy atom. The summed E-state index contributed by atoms with van der Waals surface area (Å²) in [7, 11) is 3.17. The molecule has 0 aromatic heterocycles. The van der Waals surface area contributed by atoms with Crippen LogP contribution in [0.3, 0.4) is 0 Å². The number of hydrogen-bond donors (Lipinski definition) is 1. The molecule has 6 nitrogen and oxygen atoms in total. The Bertz CT molecular complexity index is 907. The number of hydrogen-bond acceptors (Lipinski definition) is 5. The van der Waals surface area contributed by atoms with E-state index in [-0.39, 0.29) is 16.3 Å². The number of rotatable bonds is 7. The number of benzene rings is 2. The highest BCUT2D eigenvalue weighted by molar-refractivity contribution is 6.32. The Hall–Kier alpha value is -2.78. The average molecular weight is 446 g/mol. The lowest BCUT2D eigenvalue weighted by Gasteiger charge is -2.34. The van der Waals surface area contributed by atoms with Gasteiger partial charge in [0.15, 0.2) is 6.04 Å². The van der Waals surface area contributed by atoms with Gasteiger partial charge in [-0.3, -0.25) is 4.79 Å². The molecule has 30 heavy (non-hydrogen) atoms. The van der Waals surface area contributed by atoms with Crippen LogP contribution in [0.1, 0.15) is 17.2 Å². The third kappa shape index (κ3) is 4.36. The number of alkyl halides is 3. The number of carbonyl (C=O) groups excluding carboxylic acids is 2. The van der Waals surface area contributed by atoms with Gasteiger partial charge >= 0.3 is 12.1 Å². The first-order chi connectivity index (χ1) is 14.1. The molecule has 2 atom stereocenters. The van der Waals surface area contributed by atoms with E-state index in [2.05, 4.69) is 10.1 Å². The summed E-state index contributed by atoms with van der Waals surface area (Å²) in [6.07, 6.45) is -5.13. The summed E-state index contributed by atoms with van der Waals surface area (Å²) in [5, 5.41) is 2.18. The predicted octanol–water partition coefficient (Wildman–Crippen LogP) is 3.78. The molecule has 0 bridgehead atoms. The van der Waals surface area contributed by atoms with Crippen LogP contribution in [0, 0.1) is 0 Å². The molecular weight excluding hydrogens is 427 g/mol. The summed E-state index contributed by atoms with van der Waals surface area (Å²) < 4.78 is 56.6. The van der Waals surface area contributed by atoms with Crippen LogP contribution < -0.4 is 10.1 Å². The van der Waals surface area contributed by atoms with Crippen LogP contribution in [-0.2, 0) is 24.7 Å². The van der Waals surface area contributed by atoms with Crippen molar-refractivity contribution in [3.63, 3.8) is 0 Å². The molecule has 0 saturated carbocycles. The minimum absolute atomic E-state index is 0.0926. The first kappa shape index (κ1) is 23.5. The van der Waals surface area contributed by atoms with Gasteiger partial charge in [-0.1, -0.05) is 48.0 Å². The molecule has 1 amide bonds. The molecule has 0 heterocycles. The van der Waals surface area contributed by atoms with E-state index < -0.39 is 35.3 Å². The fourth-order valence-corrected chi connectivity index (χ4v) is 3.18. The standard InChI is InChI=1S/C20H19ClF3NO5/c1-28-15-10-9-12(11-14(15)21)16(17(26)29-2)25-18(27)19(30-3,20(22,23)24)13-7-5-4-6-8-13/h4-11,16H,1-3H3,(H,25,27)/t16-,19+/m1/s1. The van der Waals surface area contributed by atoms with E-state index in [0.29, 0.717) is 0 Å². The van der Waals surface area contributed by atoms with E-state index in [1.165, 1.54) is 43.5 Å². The summed E-state index contributed by atoms with van der Waals surface area (Å²) >= 11 is 6.05. The lowest BCUT2D eigenvalue weighted by molar-refractivity contribution is -0.266. The molecule has 1 N–H and O–H groups in total. The van der Waals surface area contributed by atoms with Gasteiger partial charge < -0.3 is 19.5 Å². The van der Waals surface area contributed by atoms with Gasteiger partial charge in [0.25, 0.3) is 11.5 Å². The SMILES string of the molecule is COC(=O)[C@H](NC(=O)[C@@](OC)(c1ccccc1)C(F)(F)F)c1ccc(OC)c(Cl)c1. The van der Waals surface area contributed by atoms with Gasteiger partial charge in [0.2, 0.25) is 0 Å². The highest BCUT2D eigenvalue weighted by Gasteiger charge is 2.63. The second-order valence-corrected chi connectivity index (χ2v) is 6.48. The summed E-state index contributed by atoms with van der Waals surface area (Å²) in [6, 6.07) is 8.86. The number of methoxy groups -OCH3 is 3. The first-order valence-corrected chi connectivity index (χ1v) is 8.89. The molecule has 0 aliphatic heterocycles. The Kier molecular flexibility index (Phi) is 7.33. The smallest absolute Gasteiger partial charge is 0.430 e. The molecule has 2 aromatic rings. The maximum atomic E-state index is 14.1. The summed E-state index contributed by atoms with van der Waals surface area (Å²) in [5.41, 5.74) is -3.70. The fraction of sp³-hybridized carbons (Fsp3) is 0.300. The lowest BCUT2D eigenvalue weighted by atomic mass is 9.91. The molecule has 0 unspecified atom stereocenters. The highest BCUT2D eigenvalue weighted by atomic mass is 35.5. The third-order valence-corrected chi connectivity index (χ3v) is 4.72. The second-order valence-electron chi connectivity index (χ2n) is 6.07. The number of halogens is 4. The van der Waals surface area contributed by atoms with Crippen molar-refractivity contribution in [1.82, 2.24) is 5.32 Å². The fourth-order valence-electron chi connectivity index (χ4n) is 2.91. The molecule has 162 valence electrons. The molecule has 0 aliphatic rings. The van der Waals surface area contributed by atoms with Crippen LogP contribution in [0.4, 0.5) is 13.2 Å². The van der Waals surface area contributed by atoms with Crippen molar-refractivity contribution in [3.8, 4) is 5.75 Å². The third-order valence-electron chi connectivity index (χ3n) is 4.43. The Labute approximate surface area is 175 Å². The van der Waals surface area contributed by atoms with Crippen molar-refractivity contribution in [1.29, 1.82) is 0 Å². The largest absolute Gasteiger partial charge is 0.495 e. The zero-order valence-corrected chi connectivity index (χ0v) is 17.0. The van der Waals surface area contributed by atoms with Crippen molar-refractivity contribution in [2.75, 3.05) is 21.3 Å². The summed E-state index contributed by atoms with van der Waals surface area (Å²) in [5.74, 6) is -2.31. The van der Waals surface area contributed by atoms with Crippen molar-refractivity contribution in [2.45, 2.75) is 17.8 Å².